The van der Waals surface area contributed by atoms with E-state index in [-0.39, 0.29) is 17.5 Å². The Kier molecular flexibility index (Phi) is 12.5. The van der Waals surface area contributed by atoms with E-state index in [2.05, 4.69) is 55.7 Å². The van der Waals surface area contributed by atoms with Crippen LogP contribution in [0.25, 0.3) is 6.08 Å². The fraction of sp³-hybridized carbons (Fsp3) is 0.647. The lowest BCUT2D eigenvalue weighted by Gasteiger charge is -2.31. The van der Waals surface area contributed by atoms with E-state index in [0.29, 0.717) is 29.7 Å². The van der Waals surface area contributed by atoms with Crippen LogP contribution in [0.3, 0.4) is 0 Å². The molecule has 0 saturated heterocycles. The molecule has 1 aromatic rings. The van der Waals surface area contributed by atoms with E-state index in [1.807, 2.05) is 26.0 Å². The first kappa shape index (κ1) is 32.6. The van der Waals surface area contributed by atoms with Crippen molar-refractivity contribution in [2.75, 3.05) is 40.3 Å². The number of aromatic nitrogens is 1. The average Bonchev–Trinajstić information content (AvgIpc) is 3.15. The number of rotatable bonds is 14. The number of hydrogen-bond acceptors (Lipinski definition) is 4. The zero-order chi connectivity index (χ0) is 29.4. The van der Waals surface area contributed by atoms with Gasteiger partial charge in [-0.1, -0.05) is 44.9 Å². The molecule has 1 aromatic heterocycles. The lowest BCUT2D eigenvalue weighted by atomic mass is 9.74. The van der Waals surface area contributed by atoms with Gasteiger partial charge in [-0.05, 0) is 127 Å². The summed E-state index contributed by atoms with van der Waals surface area (Å²) in [6, 6.07) is 0. The number of unbranched alkanes of at least 4 members (excludes halogenated alkanes) is 2. The SMILES string of the molecule is CCN(CC)CCCCCC(=O)c1c(C)[nH]c(C=C2C(=O)CC(CCCN(C)C)C(C)C3CC=C(Cl)C=C23)c1C. The minimum absolute atomic E-state index is 0.189. The van der Waals surface area contributed by atoms with Crippen molar-refractivity contribution < 1.29 is 9.59 Å². The molecule has 0 amide bonds. The van der Waals surface area contributed by atoms with Crippen molar-refractivity contribution in [3.05, 3.63) is 50.8 Å². The quantitative estimate of drug-likeness (QED) is 0.141. The molecule has 1 heterocycles. The highest BCUT2D eigenvalue weighted by molar-refractivity contribution is 6.31. The summed E-state index contributed by atoms with van der Waals surface area (Å²) in [4.78, 5) is 35.2. The summed E-state index contributed by atoms with van der Waals surface area (Å²) in [6.07, 6.45) is 13.3. The van der Waals surface area contributed by atoms with Crippen molar-refractivity contribution in [2.45, 2.75) is 86.0 Å². The molecule has 0 radical (unpaired) electrons. The molecule has 5 nitrogen and oxygen atoms in total. The van der Waals surface area contributed by atoms with Crippen LogP contribution in [-0.4, -0.2) is 66.6 Å². The maximum Gasteiger partial charge on any atom is 0.164 e. The molecule has 2 aliphatic carbocycles. The predicted octanol–water partition coefficient (Wildman–Crippen LogP) is 7.74. The highest BCUT2D eigenvalue weighted by atomic mass is 35.5. The molecule has 222 valence electrons. The largest absolute Gasteiger partial charge is 0.358 e. The van der Waals surface area contributed by atoms with Crippen molar-refractivity contribution in [2.24, 2.45) is 17.8 Å². The maximum absolute atomic E-state index is 13.8. The van der Waals surface area contributed by atoms with Gasteiger partial charge in [-0.3, -0.25) is 9.59 Å². The average molecular weight is 570 g/mol. The molecule has 0 spiro atoms. The molecular weight excluding hydrogens is 518 g/mol. The predicted molar refractivity (Wildman–Crippen MR) is 169 cm³/mol. The highest BCUT2D eigenvalue weighted by Gasteiger charge is 2.37. The van der Waals surface area contributed by atoms with Crippen molar-refractivity contribution in [3.8, 4) is 0 Å². The van der Waals surface area contributed by atoms with Crippen LogP contribution in [0.5, 0.6) is 0 Å². The number of Topliss-reactive ketones (excluding diaryl/α,β-unsaturated/α-hetero) is 2. The van der Waals surface area contributed by atoms with Crippen LogP contribution in [0.2, 0.25) is 0 Å². The molecule has 6 heteroatoms. The molecule has 3 rings (SSSR count). The number of hydrogen-bond donors (Lipinski definition) is 1. The lowest BCUT2D eigenvalue weighted by molar-refractivity contribution is -0.116. The van der Waals surface area contributed by atoms with Crippen LogP contribution in [0, 0.1) is 31.6 Å². The van der Waals surface area contributed by atoms with Gasteiger partial charge in [0.15, 0.2) is 11.6 Å². The Labute approximate surface area is 248 Å². The Morgan fingerprint density at radius 1 is 1.10 bits per heavy atom. The number of fused-ring (bicyclic) bond motifs is 1. The van der Waals surface area contributed by atoms with Gasteiger partial charge in [0.1, 0.15) is 0 Å². The minimum atomic E-state index is 0.189. The first-order valence-electron chi connectivity index (χ1n) is 15.5. The smallest absolute Gasteiger partial charge is 0.164 e. The van der Waals surface area contributed by atoms with Crippen molar-refractivity contribution >= 4 is 29.2 Å². The fourth-order valence-corrected chi connectivity index (χ4v) is 6.83. The Bertz CT molecular complexity index is 1120. The molecular formula is C34H52ClN3O2. The Hall–Kier alpha value is -1.95. The summed E-state index contributed by atoms with van der Waals surface area (Å²) >= 11 is 6.50. The normalized spacial score (nSPS) is 22.5. The molecule has 1 N–H and O–H groups in total. The van der Waals surface area contributed by atoms with Gasteiger partial charge in [0.05, 0.1) is 0 Å². The second-order valence-electron chi connectivity index (χ2n) is 12.2. The number of ketones is 2. The third-order valence-corrected chi connectivity index (χ3v) is 9.46. The molecule has 3 unspecified atom stereocenters. The van der Waals surface area contributed by atoms with Crippen molar-refractivity contribution in [1.29, 1.82) is 0 Å². The van der Waals surface area contributed by atoms with Crippen LogP contribution in [0.15, 0.2) is 28.3 Å². The number of carbonyl (C=O) groups is 2. The number of aromatic amines is 1. The van der Waals surface area contributed by atoms with Crippen LogP contribution in [-0.2, 0) is 4.79 Å². The summed E-state index contributed by atoms with van der Waals surface area (Å²) in [5.74, 6) is 1.41. The van der Waals surface area contributed by atoms with Gasteiger partial charge in [-0.2, -0.15) is 0 Å². The molecule has 0 bridgehead atoms. The number of allylic oxidation sites excluding steroid dienone is 5. The monoisotopic (exact) mass is 569 g/mol. The van der Waals surface area contributed by atoms with Gasteiger partial charge in [0.25, 0.3) is 0 Å². The number of nitrogens with one attached hydrogen (secondary N) is 1. The number of halogens is 1. The number of H-pyrrole nitrogens is 1. The van der Waals surface area contributed by atoms with Crippen LogP contribution >= 0.6 is 11.6 Å². The summed E-state index contributed by atoms with van der Waals surface area (Å²) < 4.78 is 0. The molecule has 2 aliphatic rings. The molecule has 40 heavy (non-hydrogen) atoms. The lowest BCUT2D eigenvalue weighted by Crippen LogP contribution is -2.23. The van der Waals surface area contributed by atoms with Crippen LogP contribution < -0.4 is 0 Å². The van der Waals surface area contributed by atoms with Gasteiger partial charge >= 0.3 is 0 Å². The second kappa shape index (κ2) is 15.3. The van der Waals surface area contributed by atoms with Crippen molar-refractivity contribution in [1.82, 2.24) is 14.8 Å². The molecule has 1 fully saturated rings. The van der Waals surface area contributed by atoms with E-state index >= 15 is 0 Å². The summed E-state index contributed by atoms with van der Waals surface area (Å²) in [6.45, 7) is 15.0. The third kappa shape index (κ3) is 8.30. The summed E-state index contributed by atoms with van der Waals surface area (Å²) in [5.41, 5.74) is 5.32. The van der Waals surface area contributed by atoms with E-state index in [1.165, 1.54) is 0 Å². The standard InChI is InChI=1S/C34H52ClN3O2/c1-8-38(9-2)19-12-10-11-15-32(39)34-24(4)31(36-25(34)5)22-30-29-21-27(35)16-17-28(29)23(3)26(20-33(30)40)14-13-18-37(6)7/h16,21-23,26,28,36H,8-15,17-20H2,1-7H3. The first-order chi connectivity index (χ1) is 19.1. The molecule has 3 atom stereocenters. The number of nitrogens with zero attached hydrogens (tertiary/aromatic N) is 2. The van der Waals surface area contributed by atoms with Gasteiger partial charge in [-0.25, -0.2) is 0 Å². The Morgan fingerprint density at radius 2 is 1.82 bits per heavy atom. The minimum Gasteiger partial charge on any atom is -0.358 e. The van der Waals surface area contributed by atoms with E-state index < -0.39 is 0 Å². The molecule has 0 aliphatic heterocycles. The summed E-state index contributed by atoms with van der Waals surface area (Å²) in [7, 11) is 4.20. The van der Waals surface area contributed by atoms with E-state index in [9.17, 15) is 9.59 Å². The topological polar surface area (TPSA) is 56.4 Å². The van der Waals surface area contributed by atoms with E-state index in [0.717, 1.165) is 98.4 Å². The molecule has 0 aromatic carbocycles. The van der Waals surface area contributed by atoms with E-state index in [4.69, 9.17) is 11.6 Å². The maximum atomic E-state index is 13.8. The van der Waals surface area contributed by atoms with Crippen LogP contribution in [0.4, 0.5) is 0 Å². The summed E-state index contributed by atoms with van der Waals surface area (Å²) in [5, 5.41) is 0.708. The van der Waals surface area contributed by atoms with Gasteiger partial charge in [0.2, 0.25) is 0 Å². The first-order valence-corrected chi connectivity index (χ1v) is 15.9. The van der Waals surface area contributed by atoms with E-state index in [1.54, 1.807) is 0 Å². The highest BCUT2D eigenvalue weighted by Crippen LogP contribution is 2.45. The zero-order valence-electron chi connectivity index (χ0n) is 26.0. The number of aryl methyl sites for hydroxylation is 1. The van der Waals surface area contributed by atoms with Crippen LogP contribution in [0.1, 0.15) is 99.4 Å². The van der Waals surface area contributed by atoms with Gasteiger partial charge in [-0.15, -0.1) is 0 Å². The molecule has 1 saturated carbocycles. The zero-order valence-corrected chi connectivity index (χ0v) is 26.8. The third-order valence-electron chi connectivity index (χ3n) is 9.19. The van der Waals surface area contributed by atoms with Gasteiger partial charge < -0.3 is 14.8 Å². The Balaban J connectivity index is 1.81. The number of carbonyl (C=O) groups excluding carboxylic acids is 2. The van der Waals surface area contributed by atoms with Gasteiger partial charge in [0, 0.05) is 40.4 Å². The second-order valence-corrected chi connectivity index (χ2v) is 12.6. The Morgan fingerprint density at radius 3 is 2.50 bits per heavy atom. The van der Waals surface area contributed by atoms with Crippen molar-refractivity contribution in [3.63, 3.8) is 0 Å². The fourth-order valence-electron chi connectivity index (χ4n) is 6.62.